The number of ketones is 1. The van der Waals surface area contributed by atoms with Gasteiger partial charge in [0.25, 0.3) is 0 Å². The van der Waals surface area contributed by atoms with Gasteiger partial charge in [-0.3, -0.25) is 4.79 Å². The fraction of sp³-hybridized carbons (Fsp3) is 0.971. The normalized spacial score (nSPS) is 23.8. The van der Waals surface area contributed by atoms with Crippen molar-refractivity contribution in [2.24, 2.45) is 0 Å². The summed E-state index contributed by atoms with van der Waals surface area (Å²) in [5.74, 6) is 0.0960. The van der Waals surface area contributed by atoms with E-state index in [1.54, 1.807) is 6.92 Å². The number of Topliss-reactive ketones (excluding diaryl/α,β-unsaturated/α-hetero) is 1. The average molecular weight is 619 g/mol. The summed E-state index contributed by atoms with van der Waals surface area (Å²) in [5, 5.41) is 57.8. The lowest BCUT2D eigenvalue weighted by atomic mass is 9.99. The van der Waals surface area contributed by atoms with Crippen LogP contribution in [0.2, 0.25) is 0 Å². The predicted molar refractivity (Wildman–Crippen MR) is 169 cm³/mol. The molecule has 1 aliphatic heterocycles. The molecule has 256 valence electrons. The molecule has 0 radical (unpaired) electrons. The van der Waals surface area contributed by atoms with Crippen LogP contribution in [-0.4, -0.2) is 92.5 Å². The van der Waals surface area contributed by atoms with Gasteiger partial charge >= 0.3 is 0 Å². The molecule has 6 N–H and O–H groups in total. The van der Waals surface area contributed by atoms with Gasteiger partial charge in [-0.15, -0.1) is 0 Å². The van der Waals surface area contributed by atoms with Crippen molar-refractivity contribution in [2.75, 3.05) is 13.2 Å². The van der Waals surface area contributed by atoms with Crippen LogP contribution in [-0.2, 0) is 14.3 Å². The number of aliphatic hydroxyl groups excluding tert-OH is 6. The number of unbranched alkanes of at least 4 members (excludes halogenated alkanes) is 18. The van der Waals surface area contributed by atoms with Gasteiger partial charge in [-0.2, -0.15) is 0 Å². The van der Waals surface area contributed by atoms with Gasteiger partial charge in [-0.25, -0.2) is 0 Å². The standard InChI is InChI=1S/C34H66O9/c1-27(36)25-29(38)22-20-18-16-14-12-10-8-6-4-2-3-5-7-9-11-13-15-17-19-21-28(37)23-24-42-34-33(41)32(40)31(39)30(26-35)43-34/h27,29-36,38-41H,2-26H2,1H3/t27-,29+,30-,31-,32+,33-,34+/m1/s1. The molecule has 0 spiro atoms. The minimum absolute atomic E-state index is 0.0584. The zero-order valence-corrected chi connectivity index (χ0v) is 27.1. The summed E-state index contributed by atoms with van der Waals surface area (Å²) in [7, 11) is 0. The van der Waals surface area contributed by atoms with Crippen molar-refractivity contribution in [3.63, 3.8) is 0 Å². The number of carbonyl (C=O) groups is 1. The van der Waals surface area contributed by atoms with Crippen LogP contribution in [0, 0.1) is 0 Å². The smallest absolute Gasteiger partial charge is 0.186 e. The van der Waals surface area contributed by atoms with Crippen molar-refractivity contribution in [1.29, 1.82) is 0 Å². The molecule has 0 aromatic carbocycles. The Kier molecular flexibility index (Phi) is 24.9. The van der Waals surface area contributed by atoms with Gasteiger partial charge in [0, 0.05) is 12.8 Å². The molecule has 0 unspecified atom stereocenters. The van der Waals surface area contributed by atoms with Gasteiger partial charge in [0.1, 0.15) is 30.2 Å². The van der Waals surface area contributed by atoms with Gasteiger partial charge in [-0.05, 0) is 26.2 Å². The van der Waals surface area contributed by atoms with Crippen LogP contribution < -0.4 is 0 Å². The van der Waals surface area contributed by atoms with Crippen LogP contribution in [0.25, 0.3) is 0 Å². The molecule has 9 heteroatoms. The van der Waals surface area contributed by atoms with Crippen molar-refractivity contribution in [3.8, 4) is 0 Å². The largest absolute Gasteiger partial charge is 0.394 e. The maximum absolute atomic E-state index is 12.1. The van der Waals surface area contributed by atoms with Crippen LogP contribution in [0.1, 0.15) is 155 Å². The molecule has 9 nitrogen and oxygen atoms in total. The highest BCUT2D eigenvalue weighted by Gasteiger charge is 2.43. The Morgan fingerprint density at radius 2 is 1.09 bits per heavy atom. The van der Waals surface area contributed by atoms with Crippen molar-refractivity contribution in [1.82, 2.24) is 0 Å². The lowest BCUT2D eigenvalue weighted by molar-refractivity contribution is -0.300. The second-order valence-corrected chi connectivity index (χ2v) is 12.9. The molecule has 0 bridgehead atoms. The summed E-state index contributed by atoms with van der Waals surface area (Å²) in [4.78, 5) is 12.1. The maximum Gasteiger partial charge on any atom is 0.186 e. The fourth-order valence-corrected chi connectivity index (χ4v) is 5.84. The molecule has 1 rings (SSSR count). The van der Waals surface area contributed by atoms with Gasteiger partial charge in [0.2, 0.25) is 0 Å². The summed E-state index contributed by atoms with van der Waals surface area (Å²) in [6.45, 7) is 1.28. The van der Waals surface area contributed by atoms with E-state index in [1.165, 1.54) is 96.3 Å². The molecule has 43 heavy (non-hydrogen) atoms. The van der Waals surface area contributed by atoms with E-state index in [0.717, 1.165) is 32.1 Å². The number of rotatable bonds is 29. The highest BCUT2D eigenvalue weighted by molar-refractivity contribution is 5.78. The van der Waals surface area contributed by atoms with E-state index >= 15 is 0 Å². The monoisotopic (exact) mass is 618 g/mol. The van der Waals surface area contributed by atoms with Crippen LogP contribution >= 0.6 is 0 Å². The Labute approximate surface area is 261 Å². The van der Waals surface area contributed by atoms with E-state index in [0.29, 0.717) is 12.8 Å². The third kappa shape index (κ3) is 20.9. The SMILES string of the molecule is C[C@@H](O)C[C@@H](O)CCCCCCCCCCCCCCCCCCCCCC(=O)CCO[C@H]1O[C@H](CO)[C@@H](O)[C@H](O)[C@H]1O. The molecule has 0 aliphatic carbocycles. The fourth-order valence-electron chi connectivity index (χ4n) is 5.84. The molecule has 0 saturated carbocycles. The van der Waals surface area contributed by atoms with Gasteiger partial charge in [0.15, 0.2) is 6.29 Å². The number of hydrogen-bond acceptors (Lipinski definition) is 9. The maximum atomic E-state index is 12.1. The number of carbonyl (C=O) groups excluding carboxylic acids is 1. The lowest BCUT2D eigenvalue weighted by Crippen LogP contribution is -2.59. The van der Waals surface area contributed by atoms with Crippen molar-refractivity contribution < 1.29 is 44.9 Å². The first-order valence-electron chi connectivity index (χ1n) is 17.6. The predicted octanol–water partition coefficient (Wildman–Crippen LogP) is 5.09. The Morgan fingerprint density at radius 3 is 1.53 bits per heavy atom. The molecule has 0 aromatic heterocycles. The Morgan fingerprint density at radius 1 is 0.651 bits per heavy atom. The average Bonchev–Trinajstić information content (AvgIpc) is 2.97. The first-order chi connectivity index (χ1) is 20.8. The van der Waals surface area contributed by atoms with Crippen LogP contribution in [0.4, 0.5) is 0 Å². The van der Waals surface area contributed by atoms with E-state index in [9.17, 15) is 35.4 Å². The van der Waals surface area contributed by atoms with Crippen molar-refractivity contribution in [3.05, 3.63) is 0 Å². The summed E-state index contributed by atoms with van der Waals surface area (Å²) >= 11 is 0. The van der Waals surface area contributed by atoms with Crippen LogP contribution in [0.3, 0.4) is 0 Å². The van der Waals surface area contributed by atoms with Gasteiger partial charge < -0.3 is 40.1 Å². The van der Waals surface area contributed by atoms with Crippen molar-refractivity contribution in [2.45, 2.75) is 198 Å². The Bertz CT molecular complexity index is 645. The van der Waals surface area contributed by atoms with Crippen LogP contribution in [0.5, 0.6) is 0 Å². The van der Waals surface area contributed by atoms with Crippen LogP contribution in [0.15, 0.2) is 0 Å². The Balaban J connectivity index is 1.79. The van der Waals surface area contributed by atoms with E-state index in [4.69, 9.17) is 9.47 Å². The second-order valence-electron chi connectivity index (χ2n) is 12.9. The molecular weight excluding hydrogens is 552 g/mol. The third-order valence-electron chi connectivity index (χ3n) is 8.62. The lowest BCUT2D eigenvalue weighted by Gasteiger charge is -2.39. The number of hydrogen-bond donors (Lipinski definition) is 6. The summed E-state index contributed by atoms with van der Waals surface area (Å²) in [6, 6.07) is 0. The summed E-state index contributed by atoms with van der Waals surface area (Å²) in [5.41, 5.74) is 0. The van der Waals surface area contributed by atoms with E-state index in [-0.39, 0.29) is 24.9 Å². The molecule has 0 amide bonds. The van der Waals surface area contributed by atoms with Crippen molar-refractivity contribution >= 4 is 5.78 Å². The number of aliphatic hydroxyl groups is 6. The minimum atomic E-state index is -1.47. The van der Waals surface area contributed by atoms with Gasteiger partial charge in [-0.1, -0.05) is 116 Å². The minimum Gasteiger partial charge on any atom is -0.394 e. The molecule has 1 fully saturated rings. The van der Waals surface area contributed by atoms with E-state index in [2.05, 4.69) is 0 Å². The first kappa shape index (κ1) is 40.4. The highest BCUT2D eigenvalue weighted by atomic mass is 16.7. The Hall–Kier alpha value is -0.650. The second kappa shape index (κ2) is 26.6. The molecule has 0 aromatic rings. The number of ether oxygens (including phenoxy) is 2. The quantitative estimate of drug-likeness (QED) is 0.0629. The van der Waals surface area contributed by atoms with E-state index < -0.39 is 43.4 Å². The van der Waals surface area contributed by atoms with E-state index in [1.807, 2.05) is 0 Å². The molecule has 1 aliphatic rings. The third-order valence-corrected chi connectivity index (χ3v) is 8.62. The molecule has 1 saturated heterocycles. The molecule has 1 heterocycles. The molecular formula is C34H66O9. The highest BCUT2D eigenvalue weighted by Crippen LogP contribution is 2.22. The summed E-state index contributed by atoms with van der Waals surface area (Å²) in [6.07, 6.45) is 18.6. The summed E-state index contributed by atoms with van der Waals surface area (Å²) < 4.78 is 10.7. The molecule has 7 atom stereocenters. The zero-order chi connectivity index (χ0) is 31.7. The van der Waals surface area contributed by atoms with Gasteiger partial charge in [0.05, 0.1) is 25.4 Å². The topological polar surface area (TPSA) is 157 Å². The first-order valence-corrected chi connectivity index (χ1v) is 17.6. The zero-order valence-electron chi connectivity index (χ0n) is 27.1.